The second-order valence-electron chi connectivity index (χ2n) is 4.41. The van der Waals surface area contributed by atoms with Gasteiger partial charge in [0.25, 0.3) is 0 Å². The number of rotatable bonds is 4. The molecular weight excluding hydrogens is 244 g/mol. The van der Waals surface area contributed by atoms with Gasteiger partial charge in [-0.2, -0.15) is 0 Å². The average molecular weight is 262 g/mol. The summed E-state index contributed by atoms with van der Waals surface area (Å²) in [7, 11) is -3.42. The third kappa shape index (κ3) is 3.78. The number of sulfonamides is 1. The summed E-state index contributed by atoms with van der Waals surface area (Å²) in [6.45, 7) is 3.45. The minimum absolute atomic E-state index is 0.0533. The molecule has 1 fully saturated rings. The van der Waals surface area contributed by atoms with Crippen molar-refractivity contribution in [3.05, 3.63) is 0 Å². The van der Waals surface area contributed by atoms with Crippen molar-refractivity contribution in [2.75, 3.05) is 12.8 Å². The van der Waals surface area contributed by atoms with Crippen molar-refractivity contribution >= 4 is 21.7 Å². The van der Waals surface area contributed by atoms with Gasteiger partial charge in [-0.05, 0) is 26.7 Å². The quantitative estimate of drug-likeness (QED) is 0.740. The van der Waals surface area contributed by atoms with E-state index < -0.39 is 22.1 Å². The fourth-order valence-electron chi connectivity index (χ4n) is 2.07. The first kappa shape index (κ1) is 14.1. The summed E-state index contributed by atoms with van der Waals surface area (Å²) in [6.07, 6.45) is 2.44. The van der Waals surface area contributed by atoms with Crippen LogP contribution in [0.5, 0.6) is 0 Å². The molecule has 0 bridgehead atoms. The van der Waals surface area contributed by atoms with Crippen molar-refractivity contribution < 1.29 is 18.0 Å². The van der Waals surface area contributed by atoms with Gasteiger partial charge in [-0.1, -0.05) is 0 Å². The zero-order chi connectivity index (χ0) is 13.2. The van der Waals surface area contributed by atoms with Crippen LogP contribution in [0.4, 0.5) is 0 Å². The van der Waals surface area contributed by atoms with Crippen LogP contribution in [0, 0.1) is 0 Å². The maximum Gasteiger partial charge on any atom is 0.241 e. The van der Waals surface area contributed by atoms with Crippen LogP contribution in [-0.2, 0) is 19.6 Å². The van der Waals surface area contributed by atoms with E-state index in [1.54, 1.807) is 0 Å². The molecule has 1 rings (SSSR count). The Morgan fingerprint density at radius 2 is 2.00 bits per heavy atom. The zero-order valence-corrected chi connectivity index (χ0v) is 11.1. The standard InChI is InChI=1S/C10H18N2O4S/c1-7(11-17(3,15)16)10(14)12-6-4-5-9(12)8(2)13/h7,9,11H,4-6H2,1-3H3/t7?,9-/m1/s1. The molecule has 1 saturated heterocycles. The van der Waals surface area contributed by atoms with Gasteiger partial charge in [-0.25, -0.2) is 13.1 Å². The van der Waals surface area contributed by atoms with Gasteiger partial charge in [0.1, 0.15) is 0 Å². The number of hydrogen-bond acceptors (Lipinski definition) is 4. The van der Waals surface area contributed by atoms with E-state index in [0.717, 1.165) is 12.7 Å². The van der Waals surface area contributed by atoms with E-state index in [9.17, 15) is 18.0 Å². The van der Waals surface area contributed by atoms with Gasteiger partial charge in [0.15, 0.2) is 5.78 Å². The van der Waals surface area contributed by atoms with Crippen LogP contribution in [0.25, 0.3) is 0 Å². The summed E-state index contributed by atoms with van der Waals surface area (Å²) in [4.78, 5) is 24.8. The molecule has 6 nitrogen and oxygen atoms in total. The van der Waals surface area contributed by atoms with E-state index in [-0.39, 0.29) is 11.7 Å². The number of carbonyl (C=O) groups is 2. The van der Waals surface area contributed by atoms with Gasteiger partial charge in [0.2, 0.25) is 15.9 Å². The normalized spacial score (nSPS) is 22.5. The SMILES string of the molecule is CC(=O)[C@H]1CCCN1C(=O)C(C)NS(C)(=O)=O. The average Bonchev–Trinajstić information content (AvgIpc) is 2.61. The maximum atomic E-state index is 12.0. The minimum atomic E-state index is -3.42. The highest BCUT2D eigenvalue weighted by Crippen LogP contribution is 2.19. The van der Waals surface area contributed by atoms with Crippen molar-refractivity contribution in [3.63, 3.8) is 0 Å². The largest absolute Gasteiger partial charge is 0.331 e. The molecule has 98 valence electrons. The second-order valence-corrected chi connectivity index (χ2v) is 6.19. The third-order valence-corrected chi connectivity index (χ3v) is 3.55. The molecule has 2 atom stereocenters. The molecule has 1 aliphatic rings. The van der Waals surface area contributed by atoms with Crippen LogP contribution < -0.4 is 4.72 Å². The lowest BCUT2D eigenvalue weighted by molar-refractivity contribution is -0.137. The Bertz CT molecular complexity index is 418. The molecule has 1 aliphatic heterocycles. The van der Waals surface area contributed by atoms with Gasteiger partial charge < -0.3 is 4.90 Å². The number of Topliss-reactive ketones (excluding diaryl/α,β-unsaturated/α-hetero) is 1. The highest BCUT2D eigenvalue weighted by atomic mass is 32.2. The Morgan fingerprint density at radius 1 is 1.41 bits per heavy atom. The predicted molar refractivity (Wildman–Crippen MR) is 62.9 cm³/mol. The smallest absolute Gasteiger partial charge is 0.241 e. The molecule has 1 heterocycles. The first-order valence-corrected chi connectivity index (χ1v) is 7.40. The monoisotopic (exact) mass is 262 g/mol. The Kier molecular flexibility index (Phi) is 4.26. The lowest BCUT2D eigenvalue weighted by Crippen LogP contribution is -2.49. The molecule has 0 aromatic carbocycles. The van der Waals surface area contributed by atoms with Crippen molar-refractivity contribution in [2.45, 2.75) is 38.8 Å². The molecule has 0 saturated carbocycles. The molecule has 0 radical (unpaired) electrons. The van der Waals surface area contributed by atoms with Crippen molar-refractivity contribution in [1.82, 2.24) is 9.62 Å². The molecule has 7 heteroatoms. The summed E-state index contributed by atoms with van der Waals surface area (Å²) in [5.74, 6) is -0.393. The molecule has 1 amide bonds. The zero-order valence-electron chi connectivity index (χ0n) is 10.3. The number of nitrogens with zero attached hydrogens (tertiary/aromatic N) is 1. The van der Waals surface area contributed by atoms with E-state index in [4.69, 9.17) is 0 Å². The van der Waals surface area contributed by atoms with E-state index >= 15 is 0 Å². The number of nitrogens with one attached hydrogen (secondary N) is 1. The van der Waals surface area contributed by atoms with Crippen LogP contribution in [0.15, 0.2) is 0 Å². The highest BCUT2D eigenvalue weighted by Gasteiger charge is 2.34. The fraction of sp³-hybridized carbons (Fsp3) is 0.800. The van der Waals surface area contributed by atoms with E-state index in [1.165, 1.54) is 18.7 Å². The highest BCUT2D eigenvalue weighted by molar-refractivity contribution is 7.88. The summed E-state index contributed by atoms with van der Waals surface area (Å²) in [5, 5.41) is 0. The van der Waals surface area contributed by atoms with Crippen molar-refractivity contribution in [3.8, 4) is 0 Å². The molecular formula is C10H18N2O4S. The van der Waals surface area contributed by atoms with Gasteiger partial charge in [0.05, 0.1) is 18.3 Å². The lowest BCUT2D eigenvalue weighted by Gasteiger charge is -2.25. The number of carbonyl (C=O) groups excluding carboxylic acids is 2. The van der Waals surface area contributed by atoms with Crippen LogP contribution in [0.1, 0.15) is 26.7 Å². The molecule has 1 N–H and O–H groups in total. The van der Waals surface area contributed by atoms with Gasteiger partial charge >= 0.3 is 0 Å². The van der Waals surface area contributed by atoms with Crippen molar-refractivity contribution in [1.29, 1.82) is 0 Å². The first-order valence-electron chi connectivity index (χ1n) is 5.50. The van der Waals surface area contributed by atoms with Crippen LogP contribution in [-0.4, -0.2) is 49.9 Å². The molecule has 0 spiro atoms. The lowest BCUT2D eigenvalue weighted by atomic mass is 10.1. The number of amides is 1. The van der Waals surface area contributed by atoms with Crippen LogP contribution >= 0.6 is 0 Å². The molecule has 17 heavy (non-hydrogen) atoms. The minimum Gasteiger partial charge on any atom is -0.331 e. The Balaban J connectivity index is 2.72. The molecule has 1 unspecified atom stereocenters. The molecule has 0 aromatic heterocycles. The number of ketones is 1. The summed E-state index contributed by atoms with van der Waals surface area (Å²) >= 11 is 0. The fourth-order valence-corrected chi connectivity index (χ4v) is 2.82. The topological polar surface area (TPSA) is 83.6 Å². The van der Waals surface area contributed by atoms with Crippen molar-refractivity contribution in [2.24, 2.45) is 0 Å². The van der Waals surface area contributed by atoms with E-state index in [2.05, 4.69) is 4.72 Å². The van der Waals surface area contributed by atoms with Gasteiger partial charge in [0, 0.05) is 6.54 Å². The van der Waals surface area contributed by atoms with E-state index in [1.807, 2.05) is 0 Å². The summed E-state index contributed by atoms with van der Waals surface area (Å²) in [6, 6.07) is -1.23. The van der Waals surface area contributed by atoms with Crippen LogP contribution in [0.3, 0.4) is 0 Å². The summed E-state index contributed by atoms with van der Waals surface area (Å²) in [5.41, 5.74) is 0. The van der Waals surface area contributed by atoms with Gasteiger partial charge in [-0.15, -0.1) is 0 Å². The maximum absolute atomic E-state index is 12.0. The summed E-state index contributed by atoms with van der Waals surface area (Å²) < 4.78 is 24.3. The number of likely N-dealkylation sites (tertiary alicyclic amines) is 1. The predicted octanol–water partition coefficient (Wildman–Crippen LogP) is -0.496. The van der Waals surface area contributed by atoms with Crippen LogP contribution in [0.2, 0.25) is 0 Å². The Labute approximate surface area is 101 Å². The van der Waals surface area contributed by atoms with Gasteiger partial charge in [-0.3, -0.25) is 9.59 Å². The Morgan fingerprint density at radius 3 is 2.47 bits per heavy atom. The molecule has 0 aliphatic carbocycles. The number of hydrogen-bond donors (Lipinski definition) is 1. The third-order valence-electron chi connectivity index (χ3n) is 2.77. The van der Waals surface area contributed by atoms with E-state index in [0.29, 0.717) is 13.0 Å². The second kappa shape index (κ2) is 5.14. The first-order chi connectivity index (χ1) is 7.72. The Hall–Kier alpha value is -0.950. The molecule has 0 aromatic rings.